The van der Waals surface area contributed by atoms with Crippen LogP contribution in [-0.4, -0.2) is 27.2 Å². The second kappa shape index (κ2) is 7.13. The van der Waals surface area contributed by atoms with E-state index in [4.69, 9.17) is 0 Å². The minimum absolute atomic E-state index is 0.0410. The number of rotatable bonds is 6. The summed E-state index contributed by atoms with van der Waals surface area (Å²) < 4.78 is 1.93. The number of amides is 2. The zero-order valence-electron chi connectivity index (χ0n) is 14.0. The van der Waals surface area contributed by atoms with Gasteiger partial charge in [-0.15, -0.1) is 11.3 Å². The number of hydrogen-bond donors (Lipinski definition) is 2. The predicted molar refractivity (Wildman–Crippen MR) is 101 cm³/mol. The largest absolute Gasteiger partial charge is 0.349 e. The summed E-state index contributed by atoms with van der Waals surface area (Å²) >= 11 is 1.56. The van der Waals surface area contributed by atoms with Crippen LogP contribution in [0.2, 0.25) is 0 Å². The van der Waals surface area contributed by atoms with Gasteiger partial charge in [0.15, 0.2) is 4.96 Å². The van der Waals surface area contributed by atoms with Crippen molar-refractivity contribution in [3.8, 4) is 0 Å². The van der Waals surface area contributed by atoms with E-state index in [1.54, 1.807) is 29.5 Å². The van der Waals surface area contributed by atoms with Crippen molar-refractivity contribution >= 4 is 34.2 Å². The summed E-state index contributed by atoms with van der Waals surface area (Å²) in [6.07, 6.45) is 9.19. The summed E-state index contributed by atoms with van der Waals surface area (Å²) in [7, 11) is 0. The van der Waals surface area contributed by atoms with Crippen LogP contribution in [0.25, 0.3) is 11.0 Å². The zero-order chi connectivity index (χ0) is 17.9. The molecule has 26 heavy (non-hydrogen) atoms. The van der Waals surface area contributed by atoms with Crippen molar-refractivity contribution in [2.24, 2.45) is 0 Å². The standard InChI is InChI=1S/C19H18N4O2S/c24-17(20-11-16-12-23-9-10-26-19(23)22-16)8-3-13-1-4-14(5-2-13)18(25)21-15-6-7-15/h1-5,8-10,12,15H,6-7,11H2,(H,20,24)(H,21,25). The Kier molecular flexibility index (Phi) is 4.53. The second-order valence-corrected chi connectivity index (χ2v) is 7.12. The van der Waals surface area contributed by atoms with Crippen LogP contribution in [0, 0.1) is 0 Å². The molecule has 2 aromatic heterocycles. The van der Waals surface area contributed by atoms with E-state index in [9.17, 15) is 9.59 Å². The van der Waals surface area contributed by atoms with Crippen molar-refractivity contribution < 1.29 is 9.59 Å². The maximum absolute atomic E-state index is 12.0. The predicted octanol–water partition coefficient (Wildman–Crippen LogP) is 2.62. The number of benzene rings is 1. The van der Waals surface area contributed by atoms with Crippen LogP contribution in [0.3, 0.4) is 0 Å². The second-order valence-electron chi connectivity index (χ2n) is 6.25. The lowest BCUT2D eigenvalue weighted by Gasteiger charge is -2.03. The molecule has 132 valence electrons. The van der Waals surface area contributed by atoms with Gasteiger partial charge in [-0.25, -0.2) is 4.98 Å². The highest BCUT2D eigenvalue weighted by Gasteiger charge is 2.23. The molecule has 2 amide bonds. The third-order valence-electron chi connectivity index (χ3n) is 4.10. The van der Waals surface area contributed by atoms with Crippen molar-refractivity contribution in [1.29, 1.82) is 0 Å². The van der Waals surface area contributed by atoms with Crippen LogP contribution in [0.4, 0.5) is 0 Å². The lowest BCUT2D eigenvalue weighted by Crippen LogP contribution is -2.25. The normalized spacial score (nSPS) is 14.0. The summed E-state index contributed by atoms with van der Waals surface area (Å²) in [5, 5.41) is 7.74. The van der Waals surface area contributed by atoms with Gasteiger partial charge in [0, 0.05) is 35.5 Å². The number of aromatic nitrogens is 2. The number of thiazole rings is 1. The van der Waals surface area contributed by atoms with Gasteiger partial charge in [0.1, 0.15) is 0 Å². The van der Waals surface area contributed by atoms with Gasteiger partial charge in [-0.3, -0.25) is 14.0 Å². The fraction of sp³-hybridized carbons (Fsp3) is 0.211. The first-order valence-corrected chi connectivity index (χ1v) is 9.33. The third kappa shape index (κ3) is 4.00. The molecule has 4 rings (SSSR count). The number of imidazole rings is 1. The Bertz CT molecular complexity index is 939. The Morgan fingerprint density at radius 1 is 1.27 bits per heavy atom. The van der Waals surface area contributed by atoms with Gasteiger partial charge >= 0.3 is 0 Å². The molecule has 7 heteroatoms. The van der Waals surface area contributed by atoms with Crippen molar-refractivity contribution in [1.82, 2.24) is 20.0 Å². The van der Waals surface area contributed by atoms with E-state index in [2.05, 4.69) is 15.6 Å². The molecule has 1 fully saturated rings. The van der Waals surface area contributed by atoms with Crippen LogP contribution < -0.4 is 10.6 Å². The summed E-state index contributed by atoms with van der Waals surface area (Å²) in [6, 6.07) is 7.54. The van der Waals surface area contributed by atoms with Crippen LogP contribution in [0.5, 0.6) is 0 Å². The van der Waals surface area contributed by atoms with Gasteiger partial charge in [-0.2, -0.15) is 0 Å². The fourth-order valence-corrected chi connectivity index (χ4v) is 3.23. The molecule has 1 saturated carbocycles. The molecule has 0 bridgehead atoms. The molecule has 0 unspecified atom stereocenters. The molecule has 0 radical (unpaired) electrons. The highest BCUT2D eigenvalue weighted by Crippen LogP contribution is 2.19. The summed E-state index contributed by atoms with van der Waals surface area (Å²) in [5.41, 5.74) is 2.33. The maximum atomic E-state index is 12.0. The van der Waals surface area contributed by atoms with Crippen molar-refractivity contribution in [2.75, 3.05) is 0 Å². The minimum atomic E-state index is -0.183. The van der Waals surface area contributed by atoms with Crippen molar-refractivity contribution in [3.05, 3.63) is 64.9 Å². The van der Waals surface area contributed by atoms with Gasteiger partial charge < -0.3 is 10.6 Å². The summed E-state index contributed by atoms with van der Waals surface area (Å²) in [6.45, 7) is 0.387. The number of nitrogens with one attached hydrogen (secondary N) is 2. The van der Waals surface area contributed by atoms with Crippen LogP contribution in [-0.2, 0) is 11.3 Å². The first kappa shape index (κ1) is 16.5. The average Bonchev–Trinajstić information content (AvgIpc) is 3.21. The van der Waals surface area contributed by atoms with Crippen LogP contribution in [0.15, 0.2) is 48.1 Å². The average molecular weight is 366 g/mol. The molecule has 3 aromatic rings. The quantitative estimate of drug-likeness (QED) is 0.659. The highest BCUT2D eigenvalue weighted by atomic mass is 32.1. The number of carbonyl (C=O) groups is 2. The fourth-order valence-electron chi connectivity index (χ4n) is 2.51. The summed E-state index contributed by atoms with van der Waals surface area (Å²) in [5.74, 6) is -0.224. The minimum Gasteiger partial charge on any atom is -0.349 e. The molecule has 6 nitrogen and oxygen atoms in total. The molecule has 0 saturated heterocycles. The first-order chi connectivity index (χ1) is 12.7. The lowest BCUT2D eigenvalue weighted by molar-refractivity contribution is -0.116. The Balaban J connectivity index is 1.29. The number of hydrogen-bond acceptors (Lipinski definition) is 4. The molecule has 0 atom stereocenters. The van der Waals surface area contributed by atoms with E-state index in [0.29, 0.717) is 18.2 Å². The summed E-state index contributed by atoms with van der Waals surface area (Å²) in [4.78, 5) is 29.2. The van der Waals surface area contributed by atoms with E-state index >= 15 is 0 Å². The molecule has 0 aliphatic heterocycles. The highest BCUT2D eigenvalue weighted by molar-refractivity contribution is 7.15. The molecule has 1 aromatic carbocycles. The molecule has 1 aliphatic carbocycles. The van der Waals surface area contributed by atoms with E-state index < -0.39 is 0 Å². The third-order valence-corrected chi connectivity index (χ3v) is 4.87. The molecular formula is C19H18N4O2S. The van der Waals surface area contributed by atoms with Crippen LogP contribution >= 0.6 is 11.3 Å². The van der Waals surface area contributed by atoms with Crippen LogP contribution in [0.1, 0.15) is 34.5 Å². The van der Waals surface area contributed by atoms with Gasteiger partial charge in [-0.1, -0.05) is 12.1 Å². The lowest BCUT2D eigenvalue weighted by atomic mass is 10.1. The molecule has 1 aliphatic rings. The zero-order valence-corrected chi connectivity index (χ0v) is 14.8. The number of fused-ring (bicyclic) bond motifs is 1. The maximum Gasteiger partial charge on any atom is 0.251 e. The van der Waals surface area contributed by atoms with E-state index in [0.717, 1.165) is 29.1 Å². The Morgan fingerprint density at radius 2 is 2.08 bits per heavy atom. The SMILES string of the molecule is O=C(C=Cc1ccc(C(=O)NC2CC2)cc1)NCc1cn2ccsc2n1. The van der Waals surface area contributed by atoms with Gasteiger partial charge in [-0.05, 0) is 36.6 Å². The van der Waals surface area contributed by atoms with E-state index in [1.165, 1.54) is 6.08 Å². The first-order valence-electron chi connectivity index (χ1n) is 8.45. The van der Waals surface area contributed by atoms with Gasteiger partial charge in [0.25, 0.3) is 5.91 Å². The smallest absolute Gasteiger partial charge is 0.251 e. The monoisotopic (exact) mass is 366 g/mol. The number of carbonyl (C=O) groups excluding carboxylic acids is 2. The molecular weight excluding hydrogens is 348 g/mol. The van der Waals surface area contributed by atoms with Gasteiger partial charge in [0.2, 0.25) is 5.91 Å². The topological polar surface area (TPSA) is 75.5 Å². The Morgan fingerprint density at radius 3 is 2.81 bits per heavy atom. The van der Waals surface area contributed by atoms with E-state index in [-0.39, 0.29) is 11.8 Å². The van der Waals surface area contributed by atoms with E-state index in [1.807, 2.05) is 34.3 Å². The van der Waals surface area contributed by atoms with Crippen molar-refractivity contribution in [3.63, 3.8) is 0 Å². The van der Waals surface area contributed by atoms with Gasteiger partial charge in [0.05, 0.1) is 12.2 Å². The molecule has 2 heterocycles. The molecule has 2 N–H and O–H groups in total. The Labute approximate surface area is 154 Å². The molecule has 0 spiro atoms. The van der Waals surface area contributed by atoms with Crippen molar-refractivity contribution in [2.45, 2.75) is 25.4 Å². The Hall–Kier alpha value is -2.93. The number of nitrogens with zero attached hydrogens (tertiary/aromatic N) is 2.